The fraction of sp³-hybridized carbons (Fsp3) is 0.500. The zero-order chi connectivity index (χ0) is 5.98. The van der Waals surface area contributed by atoms with Gasteiger partial charge in [-0.25, -0.2) is 0 Å². The van der Waals surface area contributed by atoms with Crippen LogP contribution in [0.4, 0.5) is 0 Å². The lowest BCUT2D eigenvalue weighted by Crippen LogP contribution is -2.18. The van der Waals surface area contributed by atoms with Crippen LogP contribution in [-0.4, -0.2) is 12.6 Å². The molecule has 0 bridgehead atoms. The van der Waals surface area contributed by atoms with Crippen LogP contribution in [0.1, 0.15) is 6.42 Å². The summed E-state index contributed by atoms with van der Waals surface area (Å²) in [7, 11) is 0. The van der Waals surface area contributed by atoms with Gasteiger partial charge in [-0.1, -0.05) is 12.2 Å². The van der Waals surface area contributed by atoms with Gasteiger partial charge in [0.25, 0.3) is 0 Å². The molecule has 0 aliphatic carbocycles. The summed E-state index contributed by atoms with van der Waals surface area (Å²) >= 11 is 0. The molecule has 1 saturated heterocycles. The minimum Gasteiger partial charge on any atom is -0.298 e. The molecule has 1 N–H and O–H groups in total. The zero-order valence-corrected chi connectivity index (χ0v) is 4.65. The van der Waals surface area contributed by atoms with Crippen LogP contribution in [0.3, 0.4) is 0 Å². The molecule has 1 aliphatic heterocycles. The summed E-state index contributed by atoms with van der Waals surface area (Å²) in [4.78, 5) is 0. The molecule has 1 rings (SSSR count). The van der Waals surface area contributed by atoms with Gasteiger partial charge in [0.1, 0.15) is 0 Å². The van der Waals surface area contributed by atoms with Gasteiger partial charge in [-0.05, 0) is 6.42 Å². The second-order valence-corrected chi connectivity index (χ2v) is 2.02. The van der Waals surface area contributed by atoms with Crippen molar-refractivity contribution < 1.29 is 0 Å². The summed E-state index contributed by atoms with van der Waals surface area (Å²) < 4.78 is 0. The second-order valence-electron chi connectivity index (χ2n) is 2.02. The lowest BCUT2D eigenvalue weighted by molar-refractivity contribution is 0.740. The van der Waals surface area contributed by atoms with Crippen molar-refractivity contribution in [2.75, 3.05) is 6.54 Å². The zero-order valence-electron chi connectivity index (χ0n) is 4.65. The summed E-state index contributed by atoms with van der Waals surface area (Å²) in [6.45, 7) is 4.56. The maximum Gasteiger partial charge on any atom is 0.0993 e. The van der Waals surface area contributed by atoms with E-state index < -0.39 is 0 Å². The Morgan fingerprint density at radius 2 is 2.62 bits per heavy atom. The van der Waals surface area contributed by atoms with Crippen molar-refractivity contribution in [3.8, 4) is 6.07 Å². The van der Waals surface area contributed by atoms with E-state index in [0.717, 1.165) is 18.5 Å². The molecule has 0 saturated carbocycles. The average Bonchev–Trinajstić information content (AvgIpc) is 2.14. The molecule has 8 heavy (non-hydrogen) atoms. The topological polar surface area (TPSA) is 35.8 Å². The van der Waals surface area contributed by atoms with Crippen LogP contribution in [0, 0.1) is 11.3 Å². The molecule has 0 spiro atoms. The summed E-state index contributed by atoms with van der Waals surface area (Å²) in [6, 6.07) is 2.15. The van der Waals surface area contributed by atoms with E-state index in [1.54, 1.807) is 0 Å². The highest BCUT2D eigenvalue weighted by molar-refractivity contribution is 5.12. The van der Waals surface area contributed by atoms with E-state index >= 15 is 0 Å². The van der Waals surface area contributed by atoms with Crippen LogP contribution in [0.25, 0.3) is 0 Å². The van der Waals surface area contributed by atoms with E-state index in [1.165, 1.54) is 0 Å². The molecule has 1 atom stereocenters. The number of rotatable bonds is 0. The molecule has 1 heterocycles. The summed E-state index contributed by atoms with van der Waals surface area (Å²) in [6.07, 6.45) is 0.830. The van der Waals surface area contributed by atoms with Crippen molar-refractivity contribution in [3.05, 3.63) is 12.2 Å². The van der Waals surface area contributed by atoms with Gasteiger partial charge in [0.05, 0.1) is 12.1 Å². The Balaban J connectivity index is 2.47. The molecule has 0 amide bonds. The predicted molar refractivity (Wildman–Crippen MR) is 31.2 cm³/mol. The first-order chi connectivity index (χ1) is 3.83. The van der Waals surface area contributed by atoms with Gasteiger partial charge in [0.2, 0.25) is 0 Å². The molecule has 0 radical (unpaired) electrons. The Morgan fingerprint density at radius 1 is 1.88 bits per heavy atom. The third kappa shape index (κ3) is 0.877. The minimum atomic E-state index is 0.0301. The number of nitrogens with zero attached hydrogens (tertiary/aromatic N) is 1. The lowest BCUT2D eigenvalue weighted by Gasteiger charge is -1.91. The SMILES string of the molecule is C=C1CNC(C#N)C1. The number of hydrogen-bond donors (Lipinski definition) is 1. The molecule has 1 aliphatic rings. The average molecular weight is 108 g/mol. The number of hydrogen-bond acceptors (Lipinski definition) is 2. The van der Waals surface area contributed by atoms with Gasteiger partial charge < -0.3 is 0 Å². The molecule has 42 valence electrons. The predicted octanol–water partition coefficient (Wildman–Crippen LogP) is 0.428. The standard InChI is InChI=1S/C6H8N2/c1-5-2-6(3-7)8-4-5/h6,8H,1-2,4H2. The van der Waals surface area contributed by atoms with Crippen molar-refractivity contribution in [2.24, 2.45) is 0 Å². The quantitative estimate of drug-likeness (QED) is 0.457. The molecule has 2 nitrogen and oxygen atoms in total. The highest BCUT2D eigenvalue weighted by Gasteiger charge is 2.14. The lowest BCUT2D eigenvalue weighted by atomic mass is 10.2. The molecule has 1 fully saturated rings. The molecule has 2 heteroatoms. The van der Waals surface area contributed by atoms with Crippen molar-refractivity contribution in [1.82, 2.24) is 5.32 Å². The molecule has 1 unspecified atom stereocenters. The van der Waals surface area contributed by atoms with Crippen molar-refractivity contribution in [2.45, 2.75) is 12.5 Å². The molecule has 0 aromatic rings. The van der Waals surface area contributed by atoms with E-state index in [0.29, 0.717) is 0 Å². The fourth-order valence-corrected chi connectivity index (χ4v) is 0.792. The highest BCUT2D eigenvalue weighted by atomic mass is 14.9. The first-order valence-electron chi connectivity index (χ1n) is 2.62. The maximum absolute atomic E-state index is 8.33. The monoisotopic (exact) mass is 108 g/mol. The molecule has 0 aromatic heterocycles. The smallest absolute Gasteiger partial charge is 0.0993 e. The first kappa shape index (κ1) is 5.33. The third-order valence-electron chi connectivity index (χ3n) is 1.25. The van der Waals surface area contributed by atoms with Gasteiger partial charge in [-0.15, -0.1) is 0 Å². The van der Waals surface area contributed by atoms with Gasteiger partial charge >= 0.3 is 0 Å². The van der Waals surface area contributed by atoms with Gasteiger partial charge in [0.15, 0.2) is 0 Å². The van der Waals surface area contributed by atoms with Crippen molar-refractivity contribution in [1.29, 1.82) is 5.26 Å². The van der Waals surface area contributed by atoms with Crippen LogP contribution >= 0.6 is 0 Å². The molecular formula is C6H8N2. The number of nitriles is 1. The molecular weight excluding hydrogens is 100 g/mol. The summed E-state index contributed by atoms with van der Waals surface area (Å²) in [5.74, 6) is 0. The summed E-state index contributed by atoms with van der Waals surface area (Å²) in [5, 5.41) is 11.3. The second kappa shape index (κ2) is 1.97. The van der Waals surface area contributed by atoms with Crippen molar-refractivity contribution >= 4 is 0 Å². The van der Waals surface area contributed by atoms with Gasteiger partial charge in [-0.2, -0.15) is 5.26 Å². The Kier molecular flexibility index (Phi) is 1.32. The van der Waals surface area contributed by atoms with Crippen LogP contribution < -0.4 is 5.32 Å². The Bertz CT molecular complexity index is 143. The summed E-state index contributed by atoms with van der Waals surface area (Å²) in [5.41, 5.74) is 1.14. The molecule has 0 aromatic carbocycles. The van der Waals surface area contributed by atoms with Crippen LogP contribution in [0.15, 0.2) is 12.2 Å². The fourth-order valence-electron chi connectivity index (χ4n) is 0.792. The van der Waals surface area contributed by atoms with Crippen LogP contribution in [-0.2, 0) is 0 Å². The Labute approximate surface area is 48.8 Å². The largest absolute Gasteiger partial charge is 0.298 e. The number of nitrogens with one attached hydrogen (secondary N) is 1. The Morgan fingerprint density at radius 3 is 2.88 bits per heavy atom. The third-order valence-corrected chi connectivity index (χ3v) is 1.25. The highest BCUT2D eigenvalue weighted by Crippen LogP contribution is 2.08. The van der Waals surface area contributed by atoms with E-state index in [4.69, 9.17) is 5.26 Å². The van der Waals surface area contributed by atoms with E-state index in [2.05, 4.69) is 18.0 Å². The van der Waals surface area contributed by atoms with E-state index in [1.807, 2.05) is 0 Å². The van der Waals surface area contributed by atoms with Crippen molar-refractivity contribution in [3.63, 3.8) is 0 Å². The minimum absolute atomic E-state index is 0.0301. The maximum atomic E-state index is 8.33. The normalized spacial score (nSPS) is 27.9. The first-order valence-corrected chi connectivity index (χ1v) is 2.62. The van der Waals surface area contributed by atoms with Gasteiger partial charge in [0, 0.05) is 6.54 Å². The van der Waals surface area contributed by atoms with E-state index in [9.17, 15) is 0 Å². The Hall–Kier alpha value is -0.810. The van der Waals surface area contributed by atoms with Gasteiger partial charge in [-0.3, -0.25) is 5.32 Å². The van der Waals surface area contributed by atoms with Crippen LogP contribution in [0.2, 0.25) is 0 Å². The van der Waals surface area contributed by atoms with E-state index in [-0.39, 0.29) is 6.04 Å². The van der Waals surface area contributed by atoms with Crippen LogP contribution in [0.5, 0.6) is 0 Å².